The van der Waals surface area contributed by atoms with Crippen molar-refractivity contribution < 1.29 is 14.6 Å². The monoisotopic (exact) mass is 345 g/mol. The molecular weight excluding hydrogens is 318 g/mol. The fourth-order valence-electron chi connectivity index (χ4n) is 3.44. The van der Waals surface area contributed by atoms with Crippen LogP contribution in [-0.2, 0) is 4.74 Å². The van der Waals surface area contributed by atoms with Gasteiger partial charge in [-0.05, 0) is 52.0 Å². The number of nitrogens with one attached hydrogen (secondary N) is 1. The summed E-state index contributed by atoms with van der Waals surface area (Å²) in [6, 6.07) is 1.92. The molecule has 0 radical (unpaired) electrons. The van der Waals surface area contributed by atoms with Crippen LogP contribution < -0.4 is 0 Å². The van der Waals surface area contributed by atoms with Crippen molar-refractivity contribution in [2.45, 2.75) is 51.7 Å². The van der Waals surface area contributed by atoms with E-state index in [1.807, 2.05) is 33.0 Å². The van der Waals surface area contributed by atoms with Gasteiger partial charge in [-0.25, -0.2) is 4.79 Å². The molecule has 6 heteroatoms. The number of rotatable bonds is 2. The number of hydrogen-bond donors (Lipinski definition) is 2. The highest BCUT2D eigenvalue weighted by atomic mass is 16.6. The number of likely N-dealkylation sites (tertiary alicyclic amines) is 1. The highest BCUT2D eigenvalue weighted by Crippen LogP contribution is 2.34. The number of fused-ring (bicyclic) bond motifs is 1. The number of H-pyrrole nitrogens is 1. The first-order chi connectivity index (χ1) is 11.8. The molecule has 2 N–H and O–H groups in total. The van der Waals surface area contributed by atoms with E-state index < -0.39 is 11.7 Å². The van der Waals surface area contributed by atoms with Gasteiger partial charge in [0.15, 0.2) is 0 Å². The van der Waals surface area contributed by atoms with Gasteiger partial charge < -0.3 is 19.7 Å². The smallest absolute Gasteiger partial charge is 0.410 e. The number of aliphatic hydroxyl groups excluding tert-OH is 1. The normalized spacial score (nSPS) is 20.3. The molecule has 0 aromatic carbocycles. The predicted molar refractivity (Wildman–Crippen MR) is 96.2 cm³/mol. The first-order valence-electron chi connectivity index (χ1n) is 8.92. The van der Waals surface area contributed by atoms with Crippen LogP contribution in [0.4, 0.5) is 4.79 Å². The lowest BCUT2D eigenvalue weighted by molar-refractivity contribution is 0.0247. The van der Waals surface area contributed by atoms with Gasteiger partial charge in [0.2, 0.25) is 0 Å². The van der Waals surface area contributed by atoms with Crippen molar-refractivity contribution in [3.05, 3.63) is 30.2 Å². The van der Waals surface area contributed by atoms with Crippen LogP contribution in [0.1, 0.15) is 51.7 Å². The zero-order chi connectivity index (χ0) is 18.0. The number of ether oxygens (including phenoxy) is 1. The molecule has 1 saturated heterocycles. The second-order valence-electron chi connectivity index (χ2n) is 7.77. The maximum Gasteiger partial charge on any atom is 0.410 e. The summed E-state index contributed by atoms with van der Waals surface area (Å²) < 4.78 is 5.47. The van der Waals surface area contributed by atoms with Crippen molar-refractivity contribution in [3.63, 3.8) is 0 Å². The molecule has 2 aromatic rings. The van der Waals surface area contributed by atoms with Gasteiger partial charge in [-0.15, -0.1) is 0 Å². The maximum absolute atomic E-state index is 12.3. The number of aliphatic hydroxyl groups is 1. The fourth-order valence-corrected chi connectivity index (χ4v) is 3.44. The number of hydrogen-bond acceptors (Lipinski definition) is 4. The molecule has 2 aromatic heterocycles. The Labute approximate surface area is 148 Å². The van der Waals surface area contributed by atoms with E-state index in [1.165, 1.54) is 0 Å². The van der Waals surface area contributed by atoms with E-state index >= 15 is 0 Å². The first-order valence-corrected chi connectivity index (χ1v) is 8.92. The minimum atomic E-state index is -0.547. The summed E-state index contributed by atoms with van der Waals surface area (Å²) >= 11 is 0. The van der Waals surface area contributed by atoms with Gasteiger partial charge in [-0.2, -0.15) is 0 Å². The van der Waals surface area contributed by atoms with Crippen LogP contribution in [0, 0.1) is 5.92 Å². The van der Waals surface area contributed by atoms with Gasteiger partial charge in [-0.3, -0.25) is 4.98 Å². The molecule has 136 valence electrons. The van der Waals surface area contributed by atoms with Crippen molar-refractivity contribution in [1.29, 1.82) is 0 Å². The van der Waals surface area contributed by atoms with E-state index in [9.17, 15) is 9.90 Å². The van der Waals surface area contributed by atoms with Gasteiger partial charge in [0, 0.05) is 36.4 Å². The van der Waals surface area contributed by atoms with Crippen molar-refractivity contribution in [2.75, 3.05) is 13.1 Å². The third kappa shape index (κ3) is 4.12. The van der Waals surface area contributed by atoms with Gasteiger partial charge >= 0.3 is 6.09 Å². The minimum Gasteiger partial charge on any atom is -0.444 e. The third-order valence-corrected chi connectivity index (χ3v) is 4.70. The van der Waals surface area contributed by atoms with E-state index in [4.69, 9.17) is 4.74 Å². The van der Waals surface area contributed by atoms with Gasteiger partial charge in [0.05, 0.1) is 17.8 Å². The molecule has 6 nitrogen and oxygen atoms in total. The van der Waals surface area contributed by atoms with Crippen LogP contribution in [0.25, 0.3) is 10.9 Å². The Balaban J connectivity index is 1.67. The molecule has 0 spiro atoms. The standard InChI is InChI=1S/C19H27N3O3/c1-19(2,3)25-18(24)22-9-4-5-13(7-10-22)17(23)15-11-21-16-12-20-8-6-14(15)16/h6,8,11-13,17,21,23H,4-5,7,9-10H2,1-3H3. The van der Waals surface area contributed by atoms with E-state index in [0.717, 1.165) is 35.7 Å². The molecule has 2 atom stereocenters. The number of amides is 1. The Morgan fingerprint density at radius 3 is 2.96 bits per heavy atom. The van der Waals surface area contributed by atoms with Crippen molar-refractivity contribution in [2.24, 2.45) is 5.92 Å². The Hall–Kier alpha value is -2.08. The Morgan fingerprint density at radius 1 is 1.40 bits per heavy atom. The van der Waals surface area contributed by atoms with Crippen LogP contribution in [0.2, 0.25) is 0 Å². The second-order valence-corrected chi connectivity index (χ2v) is 7.77. The summed E-state index contributed by atoms with van der Waals surface area (Å²) in [6.45, 7) is 6.92. The number of aromatic amines is 1. The van der Waals surface area contributed by atoms with Crippen LogP contribution in [0.5, 0.6) is 0 Å². The lowest BCUT2D eigenvalue weighted by Crippen LogP contribution is -2.37. The SMILES string of the molecule is CC(C)(C)OC(=O)N1CCCC(C(O)c2c[nH]c3cnccc23)CC1. The van der Waals surface area contributed by atoms with E-state index in [-0.39, 0.29) is 12.0 Å². The fraction of sp³-hybridized carbons (Fsp3) is 0.579. The molecule has 0 aliphatic carbocycles. The van der Waals surface area contributed by atoms with Crippen LogP contribution >= 0.6 is 0 Å². The van der Waals surface area contributed by atoms with Crippen molar-refractivity contribution in [1.82, 2.24) is 14.9 Å². The van der Waals surface area contributed by atoms with E-state index in [1.54, 1.807) is 17.3 Å². The molecule has 1 amide bonds. The summed E-state index contributed by atoms with van der Waals surface area (Å²) in [7, 11) is 0. The molecule has 3 rings (SSSR count). The number of carbonyl (C=O) groups excluding carboxylic acids is 1. The molecule has 0 bridgehead atoms. The zero-order valence-corrected chi connectivity index (χ0v) is 15.2. The summed E-state index contributed by atoms with van der Waals surface area (Å²) in [5, 5.41) is 11.9. The first kappa shape index (κ1) is 17.7. The minimum absolute atomic E-state index is 0.125. The van der Waals surface area contributed by atoms with Crippen molar-refractivity contribution in [3.8, 4) is 0 Å². The number of aromatic nitrogens is 2. The molecule has 0 saturated carbocycles. The average Bonchev–Trinajstić information content (AvgIpc) is 2.81. The van der Waals surface area contributed by atoms with E-state index in [0.29, 0.717) is 13.1 Å². The summed E-state index contributed by atoms with van der Waals surface area (Å²) in [6.07, 6.45) is 7.08. The molecule has 1 aliphatic rings. The molecular formula is C19H27N3O3. The number of nitrogens with zero attached hydrogens (tertiary/aromatic N) is 2. The maximum atomic E-state index is 12.3. The number of pyridine rings is 1. The lowest BCUT2D eigenvalue weighted by Gasteiger charge is -2.26. The molecule has 3 heterocycles. The Kier molecular flexibility index (Phi) is 4.99. The van der Waals surface area contributed by atoms with Gasteiger partial charge in [0.25, 0.3) is 0 Å². The Bertz CT molecular complexity index is 735. The summed E-state index contributed by atoms with van der Waals surface area (Å²) in [5.41, 5.74) is 1.36. The quantitative estimate of drug-likeness (QED) is 0.871. The third-order valence-electron chi connectivity index (χ3n) is 4.70. The van der Waals surface area contributed by atoms with Crippen molar-refractivity contribution >= 4 is 17.0 Å². The number of carbonyl (C=O) groups is 1. The summed E-state index contributed by atoms with van der Waals surface area (Å²) in [4.78, 5) is 21.3. The van der Waals surface area contributed by atoms with Crippen LogP contribution in [-0.4, -0.2) is 44.8 Å². The molecule has 25 heavy (non-hydrogen) atoms. The Morgan fingerprint density at radius 2 is 2.20 bits per heavy atom. The molecule has 2 unspecified atom stereocenters. The molecule has 1 aliphatic heterocycles. The van der Waals surface area contributed by atoms with Crippen LogP contribution in [0.15, 0.2) is 24.7 Å². The zero-order valence-electron chi connectivity index (χ0n) is 15.2. The van der Waals surface area contributed by atoms with Gasteiger partial charge in [0.1, 0.15) is 5.60 Å². The largest absolute Gasteiger partial charge is 0.444 e. The average molecular weight is 345 g/mol. The highest BCUT2D eigenvalue weighted by molar-refractivity contribution is 5.82. The molecule has 1 fully saturated rings. The second kappa shape index (κ2) is 7.04. The van der Waals surface area contributed by atoms with E-state index in [2.05, 4.69) is 9.97 Å². The highest BCUT2D eigenvalue weighted by Gasteiger charge is 2.29. The predicted octanol–water partition coefficient (Wildman–Crippen LogP) is 3.63. The van der Waals surface area contributed by atoms with Crippen LogP contribution in [0.3, 0.4) is 0 Å². The topological polar surface area (TPSA) is 78.5 Å². The summed E-state index contributed by atoms with van der Waals surface area (Å²) in [5.74, 6) is 0.125. The lowest BCUT2D eigenvalue weighted by atomic mass is 9.90. The van der Waals surface area contributed by atoms with Gasteiger partial charge in [-0.1, -0.05) is 0 Å².